The predicted octanol–water partition coefficient (Wildman–Crippen LogP) is 3.37. The first-order valence-corrected chi connectivity index (χ1v) is 8.48. The summed E-state index contributed by atoms with van der Waals surface area (Å²) in [5.41, 5.74) is 2.01. The van der Waals surface area contributed by atoms with Crippen molar-refractivity contribution in [2.24, 2.45) is 0 Å². The van der Waals surface area contributed by atoms with E-state index in [1.807, 2.05) is 13.0 Å². The third kappa shape index (κ3) is 3.51. The number of aliphatic hydroxyl groups is 1. The van der Waals surface area contributed by atoms with Crippen LogP contribution in [0.25, 0.3) is 10.9 Å². The van der Waals surface area contributed by atoms with Gasteiger partial charge in [0.1, 0.15) is 0 Å². The first-order chi connectivity index (χ1) is 11.8. The van der Waals surface area contributed by atoms with E-state index in [1.165, 1.54) is 0 Å². The molecule has 0 radical (unpaired) electrons. The molecule has 2 atom stereocenters. The molecular weight excluding hydrogens is 333 g/mol. The highest BCUT2D eigenvalue weighted by Crippen LogP contribution is 2.35. The average Bonchev–Trinajstić information content (AvgIpc) is 3.02. The van der Waals surface area contributed by atoms with E-state index >= 15 is 0 Å². The van der Waals surface area contributed by atoms with E-state index in [2.05, 4.69) is 4.98 Å². The Hall–Kier alpha value is -2.02. The Bertz CT molecular complexity index is 816. The Labute approximate surface area is 143 Å². The maximum absolute atomic E-state index is 12.9. The molecular formula is C18H21F3N2O2. The third-order valence-electron chi connectivity index (χ3n) is 4.76. The second kappa shape index (κ2) is 6.71. The topological polar surface area (TPSA) is 56.3 Å². The lowest BCUT2D eigenvalue weighted by molar-refractivity contribution is -0.209. The number of hydrogen-bond acceptors (Lipinski definition) is 3. The molecule has 25 heavy (non-hydrogen) atoms. The number of rotatable bonds is 4. The van der Waals surface area contributed by atoms with Crippen molar-refractivity contribution in [3.8, 4) is 0 Å². The van der Waals surface area contributed by atoms with E-state index in [0.717, 1.165) is 23.8 Å². The van der Waals surface area contributed by atoms with E-state index in [1.54, 1.807) is 23.1 Å². The molecule has 2 aromatic rings. The van der Waals surface area contributed by atoms with Crippen LogP contribution in [-0.4, -0.2) is 35.0 Å². The molecule has 3 rings (SSSR count). The van der Waals surface area contributed by atoms with Gasteiger partial charge in [0.25, 0.3) is 0 Å². The lowest BCUT2D eigenvalue weighted by Gasteiger charge is -2.31. The van der Waals surface area contributed by atoms with Crippen molar-refractivity contribution in [2.75, 3.05) is 11.4 Å². The minimum atomic E-state index is -4.64. The van der Waals surface area contributed by atoms with Crippen molar-refractivity contribution >= 4 is 16.6 Å². The number of aromatic amines is 1. The SMILES string of the molecule is CCCc1cc(=O)[nH]c2ccc(N3CCCC3[C@@H](O)C(F)(F)F)cc12. The lowest BCUT2D eigenvalue weighted by atomic mass is 10.0. The highest BCUT2D eigenvalue weighted by Gasteiger charge is 2.47. The van der Waals surface area contributed by atoms with Crippen LogP contribution in [0.4, 0.5) is 18.9 Å². The second-order valence-corrected chi connectivity index (χ2v) is 6.53. The number of nitrogens with one attached hydrogen (secondary N) is 1. The summed E-state index contributed by atoms with van der Waals surface area (Å²) >= 11 is 0. The number of H-pyrrole nitrogens is 1. The highest BCUT2D eigenvalue weighted by atomic mass is 19.4. The molecule has 2 N–H and O–H groups in total. The van der Waals surface area contributed by atoms with Crippen LogP contribution in [0.15, 0.2) is 29.1 Å². The molecule has 136 valence electrons. The maximum atomic E-state index is 12.9. The Balaban J connectivity index is 2.02. The van der Waals surface area contributed by atoms with Crippen molar-refractivity contribution in [1.82, 2.24) is 4.98 Å². The number of aryl methyl sites for hydroxylation is 1. The van der Waals surface area contributed by atoms with E-state index in [4.69, 9.17) is 0 Å². The van der Waals surface area contributed by atoms with Gasteiger partial charge in [0.05, 0.1) is 6.04 Å². The van der Waals surface area contributed by atoms with Gasteiger partial charge in [0.2, 0.25) is 5.56 Å². The van der Waals surface area contributed by atoms with Crippen LogP contribution in [0.2, 0.25) is 0 Å². The van der Waals surface area contributed by atoms with Crippen LogP contribution in [0.3, 0.4) is 0 Å². The van der Waals surface area contributed by atoms with Crippen molar-refractivity contribution in [3.05, 3.63) is 40.2 Å². The van der Waals surface area contributed by atoms with Crippen molar-refractivity contribution in [1.29, 1.82) is 0 Å². The van der Waals surface area contributed by atoms with Gasteiger partial charge < -0.3 is 15.0 Å². The molecule has 4 nitrogen and oxygen atoms in total. The molecule has 0 aliphatic carbocycles. The van der Waals surface area contributed by atoms with E-state index < -0.39 is 18.3 Å². The number of pyridine rings is 1. The molecule has 0 amide bonds. The summed E-state index contributed by atoms with van der Waals surface area (Å²) < 4.78 is 38.8. The monoisotopic (exact) mass is 354 g/mol. The number of halogens is 3. The van der Waals surface area contributed by atoms with Crippen LogP contribution in [0.1, 0.15) is 31.7 Å². The Kier molecular flexibility index (Phi) is 4.77. The van der Waals surface area contributed by atoms with Gasteiger partial charge in [-0.25, -0.2) is 0 Å². The van der Waals surface area contributed by atoms with Crippen LogP contribution in [0.5, 0.6) is 0 Å². The molecule has 0 spiro atoms. The Morgan fingerprint density at radius 1 is 1.36 bits per heavy atom. The number of fused-ring (bicyclic) bond motifs is 1. The number of alkyl halides is 3. The fourth-order valence-corrected chi connectivity index (χ4v) is 3.63. The average molecular weight is 354 g/mol. The van der Waals surface area contributed by atoms with E-state index in [-0.39, 0.29) is 5.56 Å². The predicted molar refractivity (Wildman–Crippen MR) is 91.0 cm³/mol. The van der Waals surface area contributed by atoms with E-state index in [0.29, 0.717) is 30.6 Å². The normalized spacial score (nSPS) is 19.6. The summed E-state index contributed by atoms with van der Waals surface area (Å²) in [6, 6.07) is 5.81. The number of aliphatic hydroxyl groups excluding tert-OH is 1. The first kappa shape index (κ1) is 17.8. The van der Waals surface area contributed by atoms with E-state index in [9.17, 15) is 23.1 Å². The Morgan fingerprint density at radius 3 is 2.80 bits per heavy atom. The van der Waals surface area contributed by atoms with Crippen molar-refractivity contribution in [3.63, 3.8) is 0 Å². The highest BCUT2D eigenvalue weighted by molar-refractivity contribution is 5.85. The number of anilines is 1. The van der Waals surface area contributed by atoms with Crippen molar-refractivity contribution < 1.29 is 18.3 Å². The Morgan fingerprint density at radius 2 is 2.12 bits per heavy atom. The van der Waals surface area contributed by atoms with Gasteiger partial charge in [0, 0.05) is 29.2 Å². The molecule has 1 aromatic heterocycles. The zero-order valence-electron chi connectivity index (χ0n) is 13.9. The number of aromatic nitrogens is 1. The molecule has 1 saturated heterocycles. The van der Waals surface area contributed by atoms with Gasteiger partial charge in [0.15, 0.2) is 6.10 Å². The van der Waals surface area contributed by atoms with Crippen LogP contribution >= 0.6 is 0 Å². The molecule has 1 aliphatic rings. The number of hydrogen-bond donors (Lipinski definition) is 2. The minimum absolute atomic E-state index is 0.185. The quantitative estimate of drug-likeness (QED) is 0.885. The summed E-state index contributed by atoms with van der Waals surface area (Å²) in [5.74, 6) is 0. The van der Waals surface area contributed by atoms with Crippen molar-refractivity contribution in [2.45, 2.75) is 50.9 Å². The molecule has 1 aromatic carbocycles. The summed E-state index contributed by atoms with van der Waals surface area (Å²) in [6.45, 7) is 2.48. The van der Waals surface area contributed by atoms with Gasteiger partial charge in [-0.15, -0.1) is 0 Å². The summed E-state index contributed by atoms with van der Waals surface area (Å²) in [6.07, 6.45) is -4.52. The largest absolute Gasteiger partial charge is 0.416 e. The van der Waals surface area contributed by atoms with Gasteiger partial charge >= 0.3 is 6.18 Å². The lowest BCUT2D eigenvalue weighted by Crippen LogP contribution is -2.47. The molecule has 1 unspecified atom stereocenters. The zero-order valence-corrected chi connectivity index (χ0v) is 13.9. The van der Waals surface area contributed by atoms with Gasteiger partial charge in [-0.1, -0.05) is 13.3 Å². The zero-order chi connectivity index (χ0) is 18.2. The molecule has 2 heterocycles. The van der Waals surface area contributed by atoms with Gasteiger partial charge in [-0.2, -0.15) is 13.2 Å². The van der Waals surface area contributed by atoms with Gasteiger partial charge in [-0.3, -0.25) is 4.79 Å². The number of nitrogens with zero attached hydrogens (tertiary/aromatic N) is 1. The van der Waals surface area contributed by atoms with Crippen LogP contribution in [-0.2, 0) is 6.42 Å². The molecule has 1 aliphatic heterocycles. The summed E-state index contributed by atoms with van der Waals surface area (Å²) in [5, 5.41) is 10.5. The first-order valence-electron chi connectivity index (χ1n) is 8.48. The summed E-state index contributed by atoms with van der Waals surface area (Å²) in [7, 11) is 0. The van der Waals surface area contributed by atoms with Crippen LogP contribution in [0, 0.1) is 0 Å². The number of benzene rings is 1. The standard InChI is InChI=1S/C18H21F3N2O2/c1-2-4-11-9-16(24)22-14-7-6-12(10-13(11)14)23-8-3-5-15(23)17(25)18(19,20)21/h6-7,9-10,15,17,25H,2-5,8H2,1H3,(H,22,24)/t15?,17-/m1/s1. The maximum Gasteiger partial charge on any atom is 0.416 e. The minimum Gasteiger partial charge on any atom is -0.382 e. The fraction of sp³-hybridized carbons (Fsp3) is 0.500. The second-order valence-electron chi connectivity index (χ2n) is 6.53. The smallest absolute Gasteiger partial charge is 0.382 e. The fourth-order valence-electron chi connectivity index (χ4n) is 3.63. The third-order valence-corrected chi connectivity index (χ3v) is 4.76. The van der Waals surface area contributed by atoms with Gasteiger partial charge in [-0.05, 0) is 43.0 Å². The summed E-state index contributed by atoms with van der Waals surface area (Å²) in [4.78, 5) is 16.1. The molecule has 0 bridgehead atoms. The molecule has 0 saturated carbocycles. The molecule has 7 heteroatoms. The molecule has 1 fully saturated rings. The van der Waals surface area contributed by atoms with Crippen LogP contribution < -0.4 is 10.5 Å².